The van der Waals surface area contributed by atoms with Gasteiger partial charge in [0, 0.05) is 35.6 Å². The van der Waals surface area contributed by atoms with Crippen LogP contribution in [-0.4, -0.2) is 34.6 Å². The minimum absolute atomic E-state index is 0.208. The van der Waals surface area contributed by atoms with Crippen LogP contribution in [0.4, 0.5) is 11.6 Å². The number of methoxy groups -OCH3 is 1. The summed E-state index contributed by atoms with van der Waals surface area (Å²) < 4.78 is 10.1. The Kier molecular flexibility index (Phi) is 6.73. The van der Waals surface area contributed by atoms with E-state index in [9.17, 15) is 4.79 Å². The van der Waals surface area contributed by atoms with E-state index in [4.69, 9.17) is 14.5 Å². The van der Waals surface area contributed by atoms with Crippen LogP contribution in [0, 0.1) is 6.92 Å². The summed E-state index contributed by atoms with van der Waals surface area (Å²) in [4.78, 5) is 24.8. The van der Waals surface area contributed by atoms with E-state index in [2.05, 4.69) is 21.4 Å². The number of rotatable bonds is 8. The summed E-state index contributed by atoms with van der Waals surface area (Å²) in [5, 5.41) is 3.21. The number of aromatic nitrogens is 3. The quantitative estimate of drug-likeness (QED) is 0.578. The molecule has 2 heterocycles. The van der Waals surface area contributed by atoms with Crippen molar-refractivity contribution >= 4 is 17.6 Å². The second-order valence-electron chi connectivity index (χ2n) is 6.45. The van der Waals surface area contributed by atoms with Gasteiger partial charge in [0.2, 0.25) is 11.8 Å². The SMILES string of the molecule is CCOC(=O)CCc1cccc(-c2cc(C)cc(Nc3nccc(OC)n3)c2)n1. The highest BCUT2D eigenvalue weighted by Crippen LogP contribution is 2.25. The average Bonchev–Trinajstić information content (AvgIpc) is 2.72. The molecular formula is C22H24N4O3. The number of aryl methyl sites for hydroxylation is 2. The van der Waals surface area contributed by atoms with Crippen molar-refractivity contribution in [2.24, 2.45) is 0 Å². The van der Waals surface area contributed by atoms with E-state index in [1.807, 2.05) is 37.3 Å². The summed E-state index contributed by atoms with van der Waals surface area (Å²) in [6, 6.07) is 13.6. The van der Waals surface area contributed by atoms with Gasteiger partial charge >= 0.3 is 5.97 Å². The van der Waals surface area contributed by atoms with Crippen molar-refractivity contribution in [3.8, 4) is 17.1 Å². The highest BCUT2D eigenvalue weighted by molar-refractivity contribution is 5.70. The lowest BCUT2D eigenvalue weighted by Gasteiger charge is -2.10. The number of pyridine rings is 1. The number of nitrogens with zero attached hydrogens (tertiary/aromatic N) is 3. The maximum atomic E-state index is 11.6. The molecule has 7 heteroatoms. The van der Waals surface area contributed by atoms with Gasteiger partial charge in [-0.15, -0.1) is 0 Å². The number of hydrogen-bond acceptors (Lipinski definition) is 7. The van der Waals surface area contributed by atoms with Gasteiger partial charge in [0.05, 0.1) is 25.8 Å². The van der Waals surface area contributed by atoms with Gasteiger partial charge in [0.1, 0.15) is 0 Å². The minimum Gasteiger partial charge on any atom is -0.481 e. The van der Waals surface area contributed by atoms with Gasteiger partial charge in [0.25, 0.3) is 0 Å². The lowest BCUT2D eigenvalue weighted by Crippen LogP contribution is -2.06. The van der Waals surface area contributed by atoms with Gasteiger partial charge in [-0.1, -0.05) is 6.07 Å². The van der Waals surface area contributed by atoms with Gasteiger partial charge in [0.15, 0.2) is 0 Å². The average molecular weight is 392 g/mol. The molecule has 0 aliphatic carbocycles. The van der Waals surface area contributed by atoms with Crippen LogP contribution in [-0.2, 0) is 16.0 Å². The third kappa shape index (κ3) is 5.75. The topological polar surface area (TPSA) is 86.2 Å². The van der Waals surface area contributed by atoms with E-state index >= 15 is 0 Å². The zero-order valence-electron chi connectivity index (χ0n) is 16.8. The van der Waals surface area contributed by atoms with Gasteiger partial charge < -0.3 is 14.8 Å². The largest absolute Gasteiger partial charge is 0.481 e. The molecule has 1 N–H and O–H groups in total. The first-order valence-electron chi connectivity index (χ1n) is 9.45. The molecule has 0 bridgehead atoms. The third-order valence-corrected chi connectivity index (χ3v) is 4.17. The molecule has 0 unspecified atom stereocenters. The lowest BCUT2D eigenvalue weighted by molar-refractivity contribution is -0.143. The number of carbonyl (C=O) groups excluding carboxylic acids is 1. The van der Waals surface area contributed by atoms with E-state index in [0.29, 0.717) is 31.3 Å². The Morgan fingerprint density at radius 1 is 1.14 bits per heavy atom. The second kappa shape index (κ2) is 9.64. The molecule has 150 valence electrons. The summed E-state index contributed by atoms with van der Waals surface area (Å²) in [6.07, 6.45) is 2.50. The Labute approximate surface area is 170 Å². The van der Waals surface area contributed by atoms with Gasteiger partial charge in [-0.25, -0.2) is 4.98 Å². The Morgan fingerprint density at radius 2 is 2.00 bits per heavy atom. The van der Waals surface area contributed by atoms with Crippen LogP contribution < -0.4 is 10.1 Å². The zero-order chi connectivity index (χ0) is 20.6. The molecule has 0 radical (unpaired) electrons. The van der Waals surface area contributed by atoms with Crippen molar-refractivity contribution in [3.05, 3.63) is 59.9 Å². The first kappa shape index (κ1) is 20.3. The Morgan fingerprint density at radius 3 is 2.79 bits per heavy atom. The highest BCUT2D eigenvalue weighted by Gasteiger charge is 2.08. The molecule has 0 aliphatic rings. The minimum atomic E-state index is -0.208. The van der Waals surface area contributed by atoms with Crippen LogP contribution in [0.15, 0.2) is 48.7 Å². The number of hydrogen-bond donors (Lipinski definition) is 1. The first-order valence-corrected chi connectivity index (χ1v) is 9.45. The molecule has 7 nitrogen and oxygen atoms in total. The van der Waals surface area contributed by atoms with Gasteiger partial charge in [-0.2, -0.15) is 4.98 Å². The van der Waals surface area contributed by atoms with E-state index < -0.39 is 0 Å². The second-order valence-corrected chi connectivity index (χ2v) is 6.45. The lowest BCUT2D eigenvalue weighted by atomic mass is 10.1. The molecule has 2 aromatic heterocycles. The van der Waals surface area contributed by atoms with Crippen LogP contribution in [0.1, 0.15) is 24.6 Å². The van der Waals surface area contributed by atoms with Crippen molar-refractivity contribution in [3.63, 3.8) is 0 Å². The molecule has 0 spiro atoms. The van der Waals surface area contributed by atoms with Crippen molar-refractivity contribution in [1.29, 1.82) is 0 Å². The molecule has 0 fully saturated rings. The summed E-state index contributed by atoms with van der Waals surface area (Å²) in [5.74, 6) is 0.739. The molecule has 0 aliphatic heterocycles. The van der Waals surface area contributed by atoms with Crippen LogP contribution in [0.3, 0.4) is 0 Å². The standard InChI is InChI=1S/C22H24N4O3/c1-4-29-21(27)9-8-17-6-5-7-19(24-17)16-12-15(2)13-18(14-16)25-22-23-11-10-20(26-22)28-3/h5-7,10-14H,4,8-9H2,1-3H3,(H,23,25,26). The fraction of sp³-hybridized carbons (Fsp3) is 0.273. The first-order chi connectivity index (χ1) is 14.1. The zero-order valence-corrected chi connectivity index (χ0v) is 16.8. The van der Waals surface area contributed by atoms with Crippen molar-refractivity contribution < 1.29 is 14.3 Å². The molecule has 29 heavy (non-hydrogen) atoms. The summed E-state index contributed by atoms with van der Waals surface area (Å²) >= 11 is 0. The van der Waals surface area contributed by atoms with E-state index in [1.54, 1.807) is 26.3 Å². The van der Waals surface area contributed by atoms with E-state index in [-0.39, 0.29) is 5.97 Å². The molecule has 0 amide bonds. The maximum Gasteiger partial charge on any atom is 0.306 e. The fourth-order valence-corrected chi connectivity index (χ4v) is 2.89. The highest BCUT2D eigenvalue weighted by atomic mass is 16.5. The number of ether oxygens (including phenoxy) is 2. The molecule has 3 aromatic rings. The maximum absolute atomic E-state index is 11.6. The summed E-state index contributed by atoms with van der Waals surface area (Å²) in [5.41, 5.74) is 4.58. The molecule has 0 saturated carbocycles. The normalized spacial score (nSPS) is 10.4. The van der Waals surface area contributed by atoms with Crippen LogP contribution in [0.25, 0.3) is 11.3 Å². The van der Waals surface area contributed by atoms with Gasteiger partial charge in [-0.05, 0) is 49.7 Å². The Hall–Kier alpha value is -3.48. The summed E-state index contributed by atoms with van der Waals surface area (Å²) in [6.45, 7) is 4.21. The smallest absolute Gasteiger partial charge is 0.306 e. The molecule has 1 aromatic carbocycles. The number of nitrogens with one attached hydrogen (secondary N) is 1. The Balaban J connectivity index is 1.80. The Bertz CT molecular complexity index is 991. The molecule has 3 rings (SSSR count). The number of benzene rings is 1. The molecule has 0 atom stereocenters. The fourth-order valence-electron chi connectivity index (χ4n) is 2.89. The predicted octanol–water partition coefficient (Wildman–Crippen LogP) is 4.09. The van der Waals surface area contributed by atoms with Crippen LogP contribution >= 0.6 is 0 Å². The third-order valence-electron chi connectivity index (χ3n) is 4.17. The van der Waals surface area contributed by atoms with Crippen molar-refractivity contribution in [2.45, 2.75) is 26.7 Å². The number of carbonyl (C=O) groups is 1. The van der Waals surface area contributed by atoms with Gasteiger partial charge in [-0.3, -0.25) is 9.78 Å². The number of anilines is 2. The predicted molar refractivity (Wildman–Crippen MR) is 111 cm³/mol. The molecule has 0 saturated heterocycles. The van der Waals surface area contributed by atoms with E-state index in [1.165, 1.54) is 0 Å². The van der Waals surface area contributed by atoms with Crippen LogP contribution in [0.2, 0.25) is 0 Å². The van der Waals surface area contributed by atoms with Crippen LogP contribution in [0.5, 0.6) is 5.88 Å². The number of esters is 1. The van der Waals surface area contributed by atoms with Crippen molar-refractivity contribution in [2.75, 3.05) is 19.0 Å². The monoisotopic (exact) mass is 392 g/mol. The molecular weight excluding hydrogens is 368 g/mol. The summed E-state index contributed by atoms with van der Waals surface area (Å²) in [7, 11) is 1.57. The van der Waals surface area contributed by atoms with Crippen molar-refractivity contribution in [1.82, 2.24) is 15.0 Å². The van der Waals surface area contributed by atoms with E-state index in [0.717, 1.165) is 28.2 Å².